The van der Waals surface area contributed by atoms with Crippen LogP contribution in [0.25, 0.3) is 11.1 Å². The van der Waals surface area contributed by atoms with E-state index in [0.29, 0.717) is 22.4 Å². The van der Waals surface area contributed by atoms with Gasteiger partial charge in [-0.3, -0.25) is 4.79 Å². The Balaban J connectivity index is 1.67. The van der Waals surface area contributed by atoms with Crippen LogP contribution in [0.15, 0.2) is 66.7 Å². The van der Waals surface area contributed by atoms with E-state index in [-0.39, 0.29) is 5.78 Å². The largest absolute Gasteiger partial charge is 0.423 e. The Bertz CT molecular complexity index is 972. The third-order valence-electron chi connectivity index (χ3n) is 4.17. The highest BCUT2D eigenvalue weighted by Gasteiger charge is 2.27. The van der Waals surface area contributed by atoms with E-state index in [1.807, 2.05) is 37.3 Å². The van der Waals surface area contributed by atoms with Gasteiger partial charge in [0, 0.05) is 11.1 Å². The van der Waals surface area contributed by atoms with E-state index in [4.69, 9.17) is 4.74 Å². The van der Waals surface area contributed by atoms with E-state index in [1.165, 1.54) is 0 Å². The van der Waals surface area contributed by atoms with Crippen LogP contribution in [0.4, 0.5) is 0 Å². The number of carbonyl (C=O) groups is 2. The van der Waals surface area contributed by atoms with Crippen molar-refractivity contribution in [2.45, 2.75) is 6.92 Å². The zero-order valence-electron chi connectivity index (χ0n) is 13.1. The molecular formula is C21H14O3. The number of fused-ring (bicyclic) bond motifs is 3. The molecule has 0 fully saturated rings. The highest BCUT2D eigenvalue weighted by Crippen LogP contribution is 2.38. The molecule has 0 bridgehead atoms. The second-order valence-electron chi connectivity index (χ2n) is 5.84. The monoisotopic (exact) mass is 314 g/mol. The topological polar surface area (TPSA) is 43.4 Å². The number of ketones is 1. The van der Waals surface area contributed by atoms with Crippen LogP contribution in [0.3, 0.4) is 0 Å². The SMILES string of the molecule is Cc1ccc2c(c1)C(=O)c1cc(OC(=O)c3ccccc3)ccc1-2. The van der Waals surface area contributed by atoms with Crippen molar-refractivity contribution in [3.05, 3.63) is 89.0 Å². The molecule has 0 saturated heterocycles. The molecule has 0 heterocycles. The van der Waals surface area contributed by atoms with Gasteiger partial charge in [0.25, 0.3) is 0 Å². The Labute approximate surface area is 139 Å². The first-order valence-electron chi connectivity index (χ1n) is 7.70. The number of aryl methyl sites for hydroxylation is 1. The van der Waals surface area contributed by atoms with Crippen LogP contribution in [0.2, 0.25) is 0 Å². The fourth-order valence-electron chi connectivity index (χ4n) is 2.98. The van der Waals surface area contributed by atoms with Crippen LogP contribution in [0, 0.1) is 6.92 Å². The van der Waals surface area contributed by atoms with Crippen LogP contribution in [0.1, 0.15) is 31.8 Å². The molecular weight excluding hydrogens is 300 g/mol. The summed E-state index contributed by atoms with van der Waals surface area (Å²) in [5.41, 5.74) is 4.62. The maximum atomic E-state index is 12.6. The van der Waals surface area contributed by atoms with Crippen LogP contribution >= 0.6 is 0 Å². The lowest BCUT2D eigenvalue weighted by atomic mass is 10.0. The van der Waals surface area contributed by atoms with E-state index >= 15 is 0 Å². The molecule has 3 heteroatoms. The van der Waals surface area contributed by atoms with E-state index in [0.717, 1.165) is 16.7 Å². The highest BCUT2D eigenvalue weighted by molar-refractivity contribution is 6.22. The minimum Gasteiger partial charge on any atom is -0.423 e. The van der Waals surface area contributed by atoms with E-state index in [9.17, 15) is 9.59 Å². The van der Waals surface area contributed by atoms with Crippen molar-refractivity contribution in [1.29, 1.82) is 0 Å². The molecule has 0 aromatic heterocycles. The minimum atomic E-state index is -0.436. The molecule has 0 spiro atoms. The van der Waals surface area contributed by atoms with Gasteiger partial charge < -0.3 is 4.74 Å². The second kappa shape index (κ2) is 5.46. The molecule has 4 rings (SSSR count). The van der Waals surface area contributed by atoms with Crippen LogP contribution < -0.4 is 4.74 Å². The van der Waals surface area contributed by atoms with Gasteiger partial charge in [-0.2, -0.15) is 0 Å². The van der Waals surface area contributed by atoms with Gasteiger partial charge in [0.2, 0.25) is 0 Å². The average Bonchev–Trinajstić information content (AvgIpc) is 2.87. The van der Waals surface area contributed by atoms with Crippen molar-refractivity contribution >= 4 is 11.8 Å². The first kappa shape index (κ1) is 14.4. The summed E-state index contributed by atoms with van der Waals surface area (Å²) in [5, 5.41) is 0. The Kier molecular flexibility index (Phi) is 3.28. The molecule has 0 saturated carbocycles. The standard InChI is InChI=1S/C21H14O3/c1-13-7-9-16-17-10-8-15(12-19(17)20(22)18(16)11-13)24-21(23)14-5-3-2-4-6-14/h2-12H,1H3. The molecule has 24 heavy (non-hydrogen) atoms. The van der Waals surface area contributed by atoms with Crippen LogP contribution in [-0.4, -0.2) is 11.8 Å². The fraction of sp³-hybridized carbons (Fsp3) is 0.0476. The van der Waals surface area contributed by atoms with E-state index in [1.54, 1.807) is 36.4 Å². The van der Waals surface area contributed by atoms with E-state index in [2.05, 4.69) is 0 Å². The summed E-state index contributed by atoms with van der Waals surface area (Å²) in [5.74, 6) is -0.0869. The van der Waals surface area contributed by atoms with E-state index < -0.39 is 5.97 Å². The normalized spacial score (nSPS) is 11.8. The summed E-state index contributed by atoms with van der Waals surface area (Å²) in [6, 6.07) is 19.8. The van der Waals surface area contributed by atoms with Crippen molar-refractivity contribution in [1.82, 2.24) is 0 Å². The second-order valence-corrected chi connectivity index (χ2v) is 5.84. The predicted molar refractivity (Wildman–Crippen MR) is 91.4 cm³/mol. The number of hydrogen-bond acceptors (Lipinski definition) is 3. The van der Waals surface area contributed by atoms with Gasteiger partial charge in [0.1, 0.15) is 5.75 Å². The molecule has 3 nitrogen and oxygen atoms in total. The molecule has 0 amide bonds. The zero-order valence-corrected chi connectivity index (χ0v) is 13.1. The quantitative estimate of drug-likeness (QED) is 0.406. The molecule has 0 unspecified atom stereocenters. The number of benzene rings is 3. The number of rotatable bonds is 2. The molecule has 116 valence electrons. The molecule has 0 radical (unpaired) electrons. The summed E-state index contributed by atoms with van der Waals surface area (Å²) >= 11 is 0. The lowest BCUT2D eigenvalue weighted by molar-refractivity contribution is 0.0734. The van der Waals surface area contributed by atoms with Crippen molar-refractivity contribution in [2.75, 3.05) is 0 Å². The van der Waals surface area contributed by atoms with Crippen molar-refractivity contribution in [3.8, 4) is 16.9 Å². The molecule has 0 N–H and O–H groups in total. The van der Waals surface area contributed by atoms with Gasteiger partial charge in [-0.25, -0.2) is 4.79 Å². The van der Waals surface area contributed by atoms with Gasteiger partial charge in [-0.1, -0.05) is 35.9 Å². The lowest BCUT2D eigenvalue weighted by Gasteiger charge is -2.06. The van der Waals surface area contributed by atoms with Crippen molar-refractivity contribution < 1.29 is 14.3 Å². The van der Waals surface area contributed by atoms with Crippen LogP contribution in [0.5, 0.6) is 5.75 Å². The van der Waals surface area contributed by atoms with Gasteiger partial charge >= 0.3 is 5.97 Å². The number of ether oxygens (including phenoxy) is 1. The maximum absolute atomic E-state index is 12.6. The minimum absolute atomic E-state index is 0.0266. The Morgan fingerprint density at radius 2 is 1.46 bits per heavy atom. The summed E-state index contributed by atoms with van der Waals surface area (Å²) in [6.45, 7) is 1.96. The molecule has 3 aromatic rings. The predicted octanol–water partition coefficient (Wildman–Crippen LogP) is 4.43. The smallest absolute Gasteiger partial charge is 0.343 e. The fourth-order valence-corrected chi connectivity index (χ4v) is 2.98. The van der Waals surface area contributed by atoms with Gasteiger partial charge in [-0.05, 0) is 54.4 Å². The number of carbonyl (C=O) groups excluding carboxylic acids is 2. The first-order chi connectivity index (χ1) is 11.6. The average molecular weight is 314 g/mol. The van der Waals surface area contributed by atoms with Gasteiger partial charge in [-0.15, -0.1) is 0 Å². The molecule has 0 aliphatic heterocycles. The Hall–Kier alpha value is -3.20. The third kappa shape index (κ3) is 2.31. The summed E-state index contributed by atoms with van der Waals surface area (Å²) in [4.78, 5) is 24.8. The highest BCUT2D eigenvalue weighted by atomic mass is 16.5. The number of hydrogen-bond donors (Lipinski definition) is 0. The van der Waals surface area contributed by atoms with Crippen molar-refractivity contribution in [2.24, 2.45) is 0 Å². The van der Waals surface area contributed by atoms with Crippen molar-refractivity contribution in [3.63, 3.8) is 0 Å². The summed E-state index contributed by atoms with van der Waals surface area (Å²) in [7, 11) is 0. The molecule has 0 atom stereocenters. The lowest BCUT2D eigenvalue weighted by Crippen LogP contribution is -2.08. The first-order valence-corrected chi connectivity index (χ1v) is 7.70. The summed E-state index contributed by atoms with van der Waals surface area (Å²) < 4.78 is 5.41. The van der Waals surface area contributed by atoms with Gasteiger partial charge in [0.05, 0.1) is 5.56 Å². The van der Waals surface area contributed by atoms with Crippen LogP contribution in [-0.2, 0) is 0 Å². The summed E-state index contributed by atoms with van der Waals surface area (Å²) in [6.07, 6.45) is 0. The zero-order chi connectivity index (χ0) is 16.7. The third-order valence-corrected chi connectivity index (χ3v) is 4.17. The molecule has 1 aliphatic rings. The van der Waals surface area contributed by atoms with Gasteiger partial charge in [0.15, 0.2) is 5.78 Å². The number of esters is 1. The molecule has 1 aliphatic carbocycles. The maximum Gasteiger partial charge on any atom is 0.343 e. The Morgan fingerprint density at radius 3 is 2.21 bits per heavy atom. The Morgan fingerprint density at radius 1 is 0.792 bits per heavy atom. The molecule has 3 aromatic carbocycles.